The zero-order valence-electron chi connectivity index (χ0n) is 6.49. The van der Waals surface area contributed by atoms with Crippen molar-refractivity contribution in [2.75, 3.05) is 19.8 Å². The summed E-state index contributed by atoms with van der Waals surface area (Å²) in [5, 5.41) is 23.1. The first kappa shape index (κ1) is 12.8. The van der Waals surface area contributed by atoms with Gasteiger partial charge in [0, 0.05) is 0 Å². The second-order valence-corrected chi connectivity index (χ2v) is 1.56. The Kier molecular flexibility index (Phi) is 13.9. The lowest BCUT2D eigenvalue weighted by atomic mass is 10.5. The van der Waals surface area contributed by atoms with Crippen molar-refractivity contribution in [3.63, 3.8) is 0 Å². The van der Waals surface area contributed by atoms with Gasteiger partial charge in [-0.3, -0.25) is 0 Å². The third kappa shape index (κ3) is 27.1. The van der Waals surface area contributed by atoms with Crippen molar-refractivity contribution < 1.29 is 24.9 Å². The predicted octanol–water partition coefficient (Wildman–Crippen LogP) is 0.0620. The highest BCUT2D eigenvalue weighted by atomic mass is 16.7. The van der Waals surface area contributed by atoms with Crippen LogP contribution in [0.4, 0.5) is 4.79 Å². The summed E-state index contributed by atoms with van der Waals surface area (Å²) in [6.07, 6.45) is -0.450. The maximum absolute atomic E-state index is 9.54. The standard InChI is InChI=1S/C4H8O3.C2H6O2/c1-2-3-7-4(5)6;3-1-2-4/h2-3H2,1H3,(H,5,6);3-4H,1-2H2. The van der Waals surface area contributed by atoms with Crippen LogP contribution in [0.15, 0.2) is 0 Å². The van der Waals surface area contributed by atoms with Crippen LogP contribution in [-0.2, 0) is 4.74 Å². The van der Waals surface area contributed by atoms with Crippen LogP contribution in [0, 0.1) is 0 Å². The Bertz CT molecular complexity index is 81.0. The maximum Gasteiger partial charge on any atom is 0.505 e. The zero-order chi connectivity index (χ0) is 9.11. The second-order valence-electron chi connectivity index (χ2n) is 1.56. The van der Waals surface area contributed by atoms with Gasteiger partial charge in [0.05, 0.1) is 19.8 Å². The normalized spacial score (nSPS) is 7.91. The lowest BCUT2D eigenvalue weighted by molar-refractivity contribution is 0.0918. The number of aliphatic hydroxyl groups excluding tert-OH is 2. The third-order valence-electron chi connectivity index (χ3n) is 0.530. The van der Waals surface area contributed by atoms with E-state index in [4.69, 9.17) is 15.3 Å². The van der Waals surface area contributed by atoms with E-state index in [2.05, 4.69) is 4.74 Å². The van der Waals surface area contributed by atoms with Crippen LogP contribution in [0.5, 0.6) is 0 Å². The largest absolute Gasteiger partial charge is 0.505 e. The summed E-state index contributed by atoms with van der Waals surface area (Å²) in [6, 6.07) is 0. The molecule has 0 aromatic rings. The van der Waals surface area contributed by atoms with Crippen LogP contribution in [0.3, 0.4) is 0 Å². The molecule has 5 nitrogen and oxygen atoms in total. The molecule has 3 N–H and O–H groups in total. The Labute approximate surface area is 65.2 Å². The summed E-state index contributed by atoms with van der Waals surface area (Å²) in [6.45, 7) is 1.90. The van der Waals surface area contributed by atoms with Crippen molar-refractivity contribution >= 4 is 6.16 Å². The minimum Gasteiger partial charge on any atom is -0.450 e. The van der Waals surface area contributed by atoms with Gasteiger partial charge in [-0.15, -0.1) is 0 Å². The van der Waals surface area contributed by atoms with Gasteiger partial charge < -0.3 is 20.1 Å². The molecule has 0 radical (unpaired) electrons. The number of ether oxygens (including phenoxy) is 1. The first-order chi connectivity index (χ1) is 5.18. The molecule has 68 valence electrons. The van der Waals surface area contributed by atoms with Gasteiger partial charge in [0.25, 0.3) is 0 Å². The fourth-order valence-corrected chi connectivity index (χ4v) is 0.189. The lowest BCUT2D eigenvalue weighted by Gasteiger charge is -1.91. The molecular formula is C6H14O5. The Hall–Kier alpha value is -0.810. The monoisotopic (exact) mass is 166 g/mol. The SMILES string of the molecule is CCCOC(=O)O.OCCO. The van der Waals surface area contributed by atoms with E-state index in [9.17, 15) is 4.79 Å². The third-order valence-corrected chi connectivity index (χ3v) is 0.530. The van der Waals surface area contributed by atoms with E-state index < -0.39 is 6.16 Å². The Morgan fingerprint density at radius 2 is 1.82 bits per heavy atom. The predicted molar refractivity (Wildman–Crippen MR) is 38.4 cm³/mol. The van der Waals surface area contributed by atoms with Gasteiger partial charge in [-0.25, -0.2) is 4.79 Å². The van der Waals surface area contributed by atoms with E-state index in [1.54, 1.807) is 0 Å². The topological polar surface area (TPSA) is 87.0 Å². The van der Waals surface area contributed by atoms with Gasteiger partial charge in [-0.05, 0) is 6.42 Å². The molecule has 0 rings (SSSR count). The quantitative estimate of drug-likeness (QED) is 0.516. The zero-order valence-corrected chi connectivity index (χ0v) is 6.49. The Morgan fingerprint density at radius 3 is 1.91 bits per heavy atom. The summed E-state index contributed by atoms with van der Waals surface area (Å²) in [5.41, 5.74) is 0. The lowest BCUT2D eigenvalue weighted by Crippen LogP contribution is -1.99. The highest BCUT2D eigenvalue weighted by molar-refractivity contribution is 5.56. The molecule has 0 aliphatic carbocycles. The van der Waals surface area contributed by atoms with Gasteiger partial charge in [-0.1, -0.05) is 6.92 Å². The molecule has 0 aromatic heterocycles. The molecular weight excluding hydrogens is 152 g/mol. The number of hydrogen-bond acceptors (Lipinski definition) is 4. The van der Waals surface area contributed by atoms with Gasteiger partial charge in [-0.2, -0.15) is 0 Å². The maximum atomic E-state index is 9.54. The van der Waals surface area contributed by atoms with Crippen LogP contribution in [0.2, 0.25) is 0 Å². The first-order valence-corrected chi connectivity index (χ1v) is 3.26. The summed E-state index contributed by atoms with van der Waals surface area (Å²) in [4.78, 5) is 9.54. The summed E-state index contributed by atoms with van der Waals surface area (Å²) in [7, 11) is 0. The van der Waals surface area contributed by atoms with E-state index >= 15 is 0 Å². The number of carbonyl (C=O) groups is 1. The van der Waals surface area contributed by atoms with Gasteiger partial charge in [0.1, 0.15) is 0 Å². The fourth-order valence-electron chi connectivity index (χ4n) is 0.189. The number of rotatable bonds is 3. The number of carboxylic acid groups (broad SMARTS) is 1. The van der Waals surface area contributed by atoms with Gasteiger partial charge >= 0.3 is 6.16 Å². The van der Waals surface area contributed by atoms with E-state index in [1.165, 1.54) is 0 Å². The summed E-state index contributed by atoms with van der Waals surface area (Å²) in [5.74, 6) is 0. The highest BCUT2D eigenvalue weighted by Crippen LogP contribution is 1.78. The second kappa shape index (κ2) is 11.9. The molecule has 0 saturated heterocycles. The Balaban J connectivity index is 0. The van der Waals surface area contributed by atoms with Crippen molar-refractivity contribution in [1.82, 2.24) is 0 Å². The number of aliphatic hydroxyl groups is 2. The van der Waals surface area contributed by atoms with Crippen LogP contribution in [-0.4, -0.2) is 41.3 Å². The van der Waals surface area contributed by atoms with Crippen LogP contribution < -0.4 is 0 Å². The van der Waals surface area contributed by atoms with Crippen molar-refractivity contribution in [2.24, 2.45) is 0 Å². The average molecular weight is 166 g/mol. The average Bonchev–Trinajstić information content (AvgIpc) is 2.01. The van der Waals surface area contributed by atoms with E-state index in [0.29, 0.717) is 6.61 Å². The molecule has 0 fully saturated rings. The molecule has 5 heteroatoms. The summed E-state index contributed by atoms with van der Waals surface area (Å²) >= 11 is 0. The highest BCUT2D eigenvalue weighted by Gasteiger charge is 1.89. The molecule has 0 saturated carbocycles. The molecule has 11 heavy (non-hydrogen) atoms. The first-order valence-electron chi connectivity index (χ1n) is 3.26. The molecule has 0 spiro atoms. The van der Waals surface area contributed by atoms with Crippen LogP contribution in [0.1, 0.15) is 13.3 Å². The molecule has 0 aromatic carbocycles. The molecule has 0 unspecified atom stereocenters. The molecule has 0 aliphatic heterocycles. The van der Waals surface area contributed by atoms with Crippen LogP contribution >= 0.6 is 0 Å². The molecule has 0 heterocycles. The molecule has 0 aliphatic rings. The van der Waals surface area contributed by atoms with E-state index in [0.717, 1.165) is 6.42 Å². The minimum atomic E-state index is -1.19. The van der Waals surface area contributed by atoms with E-state index in [1.807, 2.05) is 6.92 Å². The van der Waals surface area contributed by atoms with Crippen molar-refractivity contribution in [1.29, 1.82) is 0 Å². The molecule has 0 atom stereocenters. The van der Waals surface area contributed by atoms with Gasteiger partial charge in [0.15, 0.2) is 0 Å². The molecule has 0 amide bonds. The van der Waals surface area contributed by atoms with Gasteiger partial charge in [0.2, 0.25) is 0 Å². The van der Waals surface area contributed by atoms with Crippen molar-refractivity contribution in [3.05, 3.63) is 0 Å². The Morgan fingerprint density at radius 1 is 1.36 bits per heavy atom. The fraction of sp³-hybridized carbons (Fsp3) is 0.833. The van der Waals surface area contributed by atoms with Crippen molar-refractivity contribution in [2.45, 2.75) is 13.3 Å². The smallest absolute Gasteiger partial charge is 0.450 e. The van der Waals surface area contributed by atoms with E-state index in [-0.39, 0.29) is 13.2 Å². The molecule has 0 bridgehead atoms. The number of hydrogen-bond donors (Lipinski definition) is 3. The van der Waals surface area contributed by atoms with Crippen LogP contribution in [0.25, 0.3) is 0 Å². The minimum absolute atomic E-state index is 0.125. The summed E-state index contributed by atoms with van der Waals surface area (Å²) < 4.78 is 4.11. The van der Waals surface area contributed by atoms with Crippen molar-refractivity contribution in [3.8, 4) is 0 Å².